The lowest BCUT2D eigenvalue weighted by Gasteiger charge is -2.27. The summed E-state index contributed by atoms with van der Waals surface area (Å²) in [7, 11) is 1.57. The number of aryl methyl sites for hydroxylation is 1. The number of nitrogens with zero attached hydrogens (tertiary/aromatic N) is 1. The summed E-state index contributed by atoms with van der Waals surface area (Å²) >= 11 is 0. The van der Waals surface area contributed by atoms with Gasteiger partial charge in [0.25, 0.3) is 11.7 Å². The van der Waals surface area contributed by atoms with E-state index in [1.165, 1.54) is 4.90 Å². The molecule has 0 radical (unpaired) electrons. The molecule has 6 rings (SSSR count). The number of rotatable bonds is 4. The molecule has 1 fully saturated rings. The van der Waals surface area contributed by atoms with E-state index in [2.05, 4.69) is 0 Å². The van der Waals surface area contributed by atoms with E-state index in [1.54, 1.807) is 61.7 Å². The number of Topliss-reactive ketones (excluding diaryl/α,β-unsaturated/α-hetero) is 1. The molecule has 1 N–H and O–H groups in total. The van der Waals surface area contributed by atoms with Gasteiger partial charge < -0.3 is 24.1 Å². The number of hydrogen-bond acceptors (Lipinski definition) is 7. The lowest BCUT2D eigenvalue weighted by Crippen LogP contribution is -2.29. The molecule has 3 aromatic carbocycles. The number of fused-ring (bicyclic) bond motifs is 2. The molecule has 0 saturated carbocycles. The number of ketones is 1. The highest BCUT2D eigenvalue weighted by molar-refractivity contribution is 6.51. The second-order valence-electron chi connectivity index (χ2n) is 9.04. The van der Waals surface area contributed by atoms with Crippen molar-refractivity contribution in [2.75, 3.05) is 31.8 Å². The summed E-state index contributed by atoms with van der Waals surface area (Å²) in [5.41, 5.74) is 2.55. The van der Waals surface area contributed by atoms with Crippen molar-refractivity contribution in [1.29, 1.82) is 0 Å². The van der Waals surface area contributed by atoms with Crippen molar-refractivity contribution >= 4 is 23.1 Å². The summed E-state index contributed by atoms with van der Waals surface area (Å²) in [6.07, 6.45) is 1.68. The topological polar surface area (TPSA) is 94.5 Å². The van der Waals surface area contributed by atoms with Crippen LogP contribution in [0.1, 0.15) is 29.2 Å². The van der Waals surface area contributed by atoms with Gasteiger partial charge in [-0.1, -0.05) is 12.1 Å². The highest BCUT2D eigenvalue weighted by Crippen LogP contribution is 2.45. The highest BCUT2D eigenvalue weighted by Gasteiger charge is 2.47. The van der Waals surface area contributed by atoms with E-state index in [0.717, 1.165) is 24.2 Å². The minimum Gasteiger partial charge on any atom is -0.507 e. The maximum atomic E-state index is 13.5. The maximum absolute atomic E-state index is 13.5. The molecule has 3 heterocycles. The lowest BCUT2D eigenvalue weighted by molar-refractivity contribution is -0.132. The van der Waals surface area contributed by atoms with Crippen LogP contribution in [-0.4, -0.2) is 43.7 Å². The van der Waals surface area contributed by atoms with Crippen LogP contribution in [0.5, 0.6) is 23.0 Å². The average molecular weight is 500 g/mol. The highest BCUT2D eigenvalue weighted by atomic mass is 16.6. The molecular formula is C29H25NO7. The van der Waals surface area contributed by atoms with Gasteiger partial charge in [0.1, 0.15) is 30.5 Å². The van der Waals surface area contributed by atoms with Gasteiger partial charge in [-0.05, 0) is 66.4 Å². The molecule has 0 bridgehead atoms. The summed E-state index contributed by atoms with van der Waals surface area (Å²) < 4.78 is 22.3. The SMILES string of the molecule is COc1ccc(C2/C(=C(\O)c3ccc4c(c3)CCCO4)C(=O)C(=O)N2c2ccc3c(c2)OCCO3)cc1. The number of carbonyl (C=O) groups excluding carboxylic acids is 2. The Kier molecular flexibility index (Phi) is 5.71. The van der Waals surface area contributed by atoms with Gasteiger partial charge in [0.2, 0.25) is 0 Å². The number of methoxy groups -OCH3 is 1. The minimum atomic E-state index is -0.860. The predicted molar refractivity (Wildman–Crippen MR) is 135 cm³/mol. The van der Waals surface area contributed by atoms with Gasteiger partial charge in [-0.3, -0.25) is 14.5 Å². The summed E-state index contributed by atoms with van der Waals surface area (Å²) in [6, 6.07) is 16.7. The van der Waals surface area contributed by atoms with Crippen molar-refractivity contribution < 1.29 is 33.6 Å². The van der Waals surface area contributed by atoms with E-state index in [0.29, 0.717) is 53.9 Å². The molecule has 1 atom stereocenters. The third-order valence-electron chi connectivity index (χ3n) is 6.86. The van der Waals surface area contributed by atoms with Gasteiger partial charge in [-0.2, -0.15) is 0 Å². The van der Waals surface area contributed by atoms with Crippen molar-refractivity contribution in [3.63, 3.8) is 0 Å². The van der Waals surface area contributed by atoms with Crippen LogP contribution in [0.4, 0.5) is 5.69 Å². The molecule has 188 valence electrons. The number of aliphatic hydroxyl groups excluding tert-OH is 1. The first-order valence-electron chi connectivity index (χ1n) is 12.2. The van der Waals surface area contributed by atoms with Gasteiger partial charge >= 0.3 is 0 Å². The van der Waals surface area contributed by atoms with Crippen LogP contribution in [0.2, 0.25) is 0 Å². The Labute approximate surface area is 213 Å². The zero-order valence-electron chi connectivity index (χ0n) is 20.2. The Balaban J connectivity index is 1.50. The Hall–Kier alpha value is -4.46. The molecule has 3 aromatic rings. The lowest BCUT2D eigenvalue weighted by atomic mass is 9.93. The van der Waals surface area contributed by atoms with Crippen molar-refractivity contribution in [2.45, 2.75) is 18.9 Å². The summed E-state index contributed by atoms with van der Waals surface area (Å²) in [4.78, 5) is 28.3. The molecule has 1 amide bonds. The zero-order chi connectivity index (χ0) is 25.5. The van der Waals surface area contributed by atoms with E-state index in [9.17, 15) is 14.7 Å². The number of amides is 1. The van der Waals surface area contributed by atoms with Crippen LogP contribution in [0, 0.1) is 0 Å². The van der Waals surface area contributed by atoms with Gasteiger partial charge in [0, 0.05) is 17.3 Å². The fourth-order valence-corrected chi connectivity index (χ4v) is 5.05. The molecule has 8 nitrogen and oxygen atoms in total. The first kappa shape index (κ1) is 23.0. The monoisotopic (exact) mass is 499 g/mol. The van der Waals surface area contributed by atoms with Gasteiger partial charge in [0.05, 0.1) is 25.3 Å². The molecule has 0 spiro atoms. The van der Waals surface area contributed by atoms with Crippen LogP contribution in [0.15, 0.2) is 66.2 Å². The molecule has 0 aromatic heterocycles. The third-order valence-corrected chi connectivity index (χ3v) is 6.86. The Morgan fingerprint density at radius 1 is 0.892 bits per heavy atom. The van der Waals surface area contributed by atoms with E-state index in [4.69, 9.17) is 18.9 Å². The Morgan fingerprint density at radius 3 is 2.41 bits per heavy atom. The molecule has 1 saturated heterocycles. The van der Waals surface area contributed by atoms with Crippen molar-refractivity contribution in [1.82, 2.24) is 0 Å². The summed E-state index contributed by atoms with van der Waals surface area (Å²) in [5, 5.41) is 11.5. The Morgan fingerprint density at radius 2 is 1.62 bits per heavy atom. The standard InChI is InChI=1S/C29H25NO7/c1-34-21-8-4-17(5-9-21)26-25(27(31)19-6-10-22-18(15-19)3-2-12-35-22)28(32)29(33)30(26)20-7-11-23-24(16-20)37-14-13-36-23/h4-11,15-16,26,31H,2-3,12-14H2,1H3/b27-25+. The Bertz CT molecular complexity index is 1430. The minimum absolute atomic E-state index is 0.0155. The van der Waals surface area contributed by atoms with Crippen molar-refractivity contribution in [3.05, 3.63) is 82.9 Å². The number of carbonyl (C=O) groups is 2. The second-order valence-corrected chi connectivity index (χ2v) is 9.04. The second kappa shape index (κ2) is 9.20. The molecule has 8 heteroatoms. The quantitative estimate of drug-likeness (QED) is 0.323. The van der Waals surface area contributed by atoms with Crippen LogP contribution >= 0.6 is 0 Å². The smallest absolute Gasteiger partial charge is 0.300 e. The van der Waals surface area contributed by atoms with E-state index < -0.39 is 17.7 Å². The molecular weight excluding hydrogens is 474 g/mol. The summed E-state index contributed by atoms with van der Waals surface area (Å²) in [6.45, 7) is 1.48. The number of anilines is 1. The van der Waals surface area contributed by atoms with E-state index in [-0.39, 0.29) is 11.3 Å². The average Bonchev–Trinajstić information content (AvgIpc) is 3.22. The molecule has 37 heavy (non-hydrogen) atoms. The maximum Gasteiger partial charge on any atom is 0.300 e. The molecule has 0 aliphatic carbocycles. The fourth-order valence-electron chi connectivity index (χ4n) is 5.05. The molecule has 3 aliphatic heterocycles. The molecule has 3 aliphatic rings. The fraction of sp³-hybridized carbons (Fsp3) is 0.241. The first-order valence-corrected chi connectivity index (χ1v) is 12.2. The van der Waals surface area contributed by atoms with Crippen LogP contribution < -0.4 is 23.8 Å². The summed E-state index contributed by atoms with van der Waals surface area (Å²) in [5.74, 6) is 0.744. The van der Waals surface area contributed by atoms with Gasteiger partial charge in [-0.25, -0.2) is 0 Å². The van der Waals surface area contributed by atoms with Crippen molar-refractivity contribution in [2.24, 2.45) is 0 Å². The third kappa shape index (κ3) is 3.94. The van der Waals surface area contributed by atoms with Crippen LogP contribution in [-0.2, 0) is 16.0 Å². The predicted octanol–water partition coefficient (Wildman–Crippen LogP) is 4.42. The van der Waals surface area contributed by atoms with E-state index in [1.807, 2.05) is 6.07 Å². The van der Waals surface area contributed by atoms with Crippen LogP contribution in [0.3, 0.4) is 0 Å². The number of hydrogen-bond donors (Lipinski definition) is 1. The van der Waals surface area contributed by atoms with Crippen molar-refractivity contribution in [3.8, 4) is 23.0 Å². The largest absolute Gasteiger partial charge is 0.507 e. The number of aliphatic hydroxyl groups is 1. The van der Waals surface area contributed by atoms with E-state index >= 15 is 0 Å². The van der Waals surface area contributed by atoms with Gasteiger partial charge in [-0.15, -0.1) is 0 Å². The molecule has 1 unspecified atom stereocenters. The normalized spacial score (nSPS) is 19.8. The first-order chi connectivity index (χ1) is 18.0. The van der Waals surface area contributed by atoms with Gasteiger partial charge in [0.15, 0.2) is 11.5 Å². The van der Waals surface area contributed by atoms with Crippen LogP contribution in [0.25, 0.3) is 5.76 Å². The zero-order valence-corrected chi connectivity index (χ0v) is 20.2. The number of benzene rings is 3. The number of ether oxygens (including phenoxy) is 4.